The number of hydrogen-bond donors (Lipinski definition) is 3. The van der Waals surface area contributed by atoms with E-state index in [1.165, 1.54) is 4.90 Å². The van der Waals surface area contributed by atoms with E-state index in [9.17, 15) is 0 Å². The predicted molar refractivity (Wildman–Crippen MR) is 97.6 cm³/mol. The van der Waals surface area contributed by atoms with Gasteiger partial charge in [0.1, 0.15) is 0 Å². The maximum atomic E-state index is 9.10. The molecular weight excluding hydrogens is 368 g/mol. The fourth-order valence-corrected chi connectivity index (χ4v) is 2.87. The van der Waals surface area contributed by atoms with E-state index in [0.29, 0.717) is 0 Å². The highest BCUT2D eigenvalue weighted by atomic mass is 35.5. The first-order valence-electron chi connectivity index (χ1n) is 7.84. The monoisotopic (exact) mass is 390 g/mol. The minimum Gasteiger partial charge on any atom is -0.473 e. The molecule has 0 bridgehead atoms. The second-order valence-corrected chi connectivity index (χ2v) is 6.72. The summed E-state index contributed by atoms with van der Waals surface area (Å²) in [6.45, 7) is 7.18. The van der Waals surface area contributed by atoms with Crippen molar-refractivity contribution in [3.05, 3.63) is 29.3 Å². The van der Waals surface area contributed by atoms with E-state index < -0.39 is 11.9 Å². The molecule has 1 fully saturated rings. The van der Waals surface area contributed by atoms with Crippen molar-refractivity contribution < 1.29 is 24.5 Å². The van der Waals surface area contributed by atoms with E-state index in [4.69, 9.17) is 36.1 Å². The van der Waals surface area contributed by atoms with Gasteiger partial charge in [0.15, 0.2) is 0 Å². The summed E-state index contributed by atoms with van der Waals surface area (Å²) in [7, 11) is 0. The van der Waals surface area contributed by atoms with Gasteiger partial charge in [-0.25, -0.2) is 9.59 Å². The topological polar surface area (TPSA) is 99.1 Å². The summed E-state index contributed by atoms with van der Waals surface area (Å²) in [5.41, 5.74) is 0. The molecule has 0 saturated carbocycles. The van der Waals surface area contributed by atoms with Crippen LogP contribution in [0.2, 0.25) is 5.02 Å². The molecule has 2 rings (SSSR count). The third-order valence-corrected chi connectivity index (χ3v) is 4.48. The van der Waals surface area contributed by atoms with Crippen molar-refractivity contribution in [2.24, 2.45) is 0 Å². The smallest absolute Gasteiger partial charge is 0.414 e. The molecule has 0 radical (unpaired) electrons. The van der Waals surface area contributed by atoms with Crippen molar-refractivity contribution in [2.75, 3.05) is 51.7 Å². The fourth-order valence-electron chi connectivity index (χ4n) is 1.98. The minimum absolute atomic E-state index is 0.789. The van der Waals surface area contributed by atoms with Gasteiger partial charge in [0.25, 0.3) is 0 Å². The van der Waals surface area contributed by atoms with Gasteiger partial charge in [-0.2, -0.15) is 0 Å². The van der Waals surface area contributed by atoms with E-state index in [2.05, 4.69) is 10.2 Å². The Hall–Kier alpha value is -1.32. The zero-order valence-electron chi connectivity index (χ0n) is 13.8. The van der Waals surface area contributed by atoms with Crippen molar-refractivity contribution in [1.82, 2.24) is 10.2 Å². The van der Waals surface area contributed by atoms with Gasteiger partial charge in [-0.1, -0.05) is 11.6 Å². The Morgan fingerprint density at radius 1 is 1.12 bits per heavy atom. The molecule has 1 saturated heterocycles. The zero-order chi connectivity index (χ0) is 18.5. The molecule has 3 N–H and O–H groups in total. The van der Waals surface area contributed by atoms with Gasteiger partial charge in [-0.05, 0) is 24.3 Å². The van der Waals surface area contributed by atoms with Gasteiger partial charge in [0.05, 0.1) is 13.2 Å². The number of carboxylic acids is 2. The van der Waals surface area contributed by atoms with Gasteiger partial charge >= 0.3 is 11.9 Å². The SMILES string of the molecule is Clc1ccc(SCCOCCN2CCNCC2)cc1.O=C(O)C(=O)O. The van der Waals surface area contributed by atoms with Crippen LogP contribution in [0.4, 0.5) is 0 Å². The number of benzene rings is 1. The van der Waals surface area contributed by atoms with Gasteiger partial charge in [-0.15, -0.1) is 11.8 Å². The third-order valence-electron chi connectivity index (χ3n) is 3.25. The molecule has 0 atom stereocenters. The van der Waals surface area contributed by atoms with Crippen LogP contribution in [0, 0.1) is 0 Å². The maximum absolute atomic E-state index is 9.10. The average Bonchev–Trinajstić information content (AvgIpc) is 2.61. The molecule has 1 aromatic carbocycles. The largest absolute Gasteiger partial charge is 0.473 e. The minimum atomic E-state index is -1.82. The van der Waals surface area contributed by atoms with Crippen molar-refractivity contribution in [3.63, 3.8) is 0 Å². The molecule has 140 valence electrons. The first-order valence-corrected chi connectivity index (χ1v) is 9.21. The Kier molecular flexibility index (Phi) is 11.3. The summed E-state index contributed by atoms with van der Waals surface area (Å²) < 4.78 is 5.67. The lowest BCUT2D eigenvalue weighted by Gasteiger charge is -2.26. The Morgan fingerprint density at radius 2 is 1.72 bits per heavy atom. The lowest BCUT2D eigenvalue weighted by molar-refractivity contribution is -0.159. The number of rotatable bonds is 7. The lowest BCUT2D eigenvalue weighted by atomic mass is 10.4. The Labute approximate surface area is 156 Å². The van der Waals surface area contributed by atoms with Gasteiger partial charge in [0, 0.05) is 48.4 Å². The van der Waals surface area contributed by atoms with Crippen LogP contribution in [-0.2, 0) is 14.3 Å². The van der Waals surface area contributed by atoms with Gasteiger partial charge in [-0.3, -0.25) is 4.90 Å². The Morgan fingerprint density at radius 3 is 2.28 bits per heavy atom. The molecule has 1 heterocycles. The first kappa shape index (κ1) is 21.7. The molecule has 25 heavy (non-hydrogen) atoms. The van der Waals surface area contributed by atoms with E-state index >= 15 is 0 Å². The molecule has 0 spiro atoms. The molecular formula is C16H23ClN2O5S. The van der Waals surface area contributed by atoms with Crippen LogP contribution in [0.1, 0.15) is 0 Å². The van der Waals surface area contributed by atoms with Crippen molar-refractivity contribution in [1.29, 1.82) is 0 Å². The van der Waals surface area contributed by atoms with Crippen molar-refractivity contribution >= 4 is 35.3 Å². The number of carboxylic acid groups (broad SMARTS) is 2. The third kappa shape index (κ3) is 11.0. The maximum Gasteiger partial charge on any atom is 0.414 e. The van der Waals surface area contributed by atoms with E-state index in [1.54, 1.807) is 0 Å². The number of carbonyl (C=O) groups is 2. The normalized spacial score (nSPS) is 14.4. The van der Waals surface area contributed by atoms with E-state index in [0.717, 1.165) is 56.7 Å². The zero-order valence-corrected chi connectivity index (χ0v) is 15.4. The van der Waals surface area contributed by atoms with Crippen LogP contribution in [0.25, 0.3) is 0 Å². The molecule has 1 aliphatic heterocycles. The summed E-state index contributed by atoms with van der Waals surface area (Å²) in [6.07, 6.45) is 0. The van der Waals surface area contributed by atoms with Gasteiger partial charge < -0.3 is 20.3 Å². The second kappa shape index (κ2) is 13.0. The number of nitrogens with one attached hydrogen (secondary N) is 1. The Bertz CT molecular complexity index is 512. The second-order valence-electron chi connectivity index (χ2n) is 5.12. The quantitative estimate of drug-likeness (QED) is 0.366. The molecule has 0 aromatic heterocycles. The highest BCUT2D eigenvalue weighted by Gasteiger charge is 2.08. The van der Waals surface area contributed by atoms with E-state index in [-0.39, 0.29) is 0 Å². The summed E-state index contributed by atoms with van der Waals surface area (Å²) in [4.78, 5) is 21.9. The van der Waals surface area contributed by atoms with Gasteiger partial charge in [0.2, 0.25) is 0 Å². The molecule has 7 nitrogen and oxygen atoms in total. The number of hydrogen-bond acceptors (Lipinski definition) is 6. The molecule has 0 unspecified atom stereocenters. The van der Waals surface area contributed by atoms with Crippen molar-refractivity contribution in [3.8, 4) is 0 Å². The number of thioether (sulfide) groups is 1. The van der Waals surface area contributed by atoms with Crippen LogP contribution in [0.3, 0.4) is 0 Å². The standard InChI is InChI=1S/C14H21ClN2OS.C2H2O4/c15-13-1-3-14(4-2-13)19-12-11-18-10-9-17-7-5-16-6-8-17;3-1(4)2(5)6/h1-4,16H,5-12H2;(H,3,4)(H,5,6). The van der Waals surface area contributed by atoms with E-state index in [1.807, 2.05) is 36.0 Å². The summed E-state index contributed by atoms with van der Waals surface area (Å²) in [6, 6.07) is 7.95. The number of piperazine rings is 1. The van der Waals surface area contributed by atoms with Crippen LogP contribution in [0.5, 0.6) is 0 Å². The molecule has 0 aliphatic carbocycles. The highest BCUT2D eigenvalue weighted by molar-refractivity contribution is 7.99. The lowest BCUT2D eigenvalue weighted by Crippen LogP contribution is -2.44. The predicted octanol–water partition coefficient (Wildman–Crippen LogP) is 1.51. The average molecular weight is 391 g/mol. The summed E-state index contributed by atoms with van der Waals surface area (Å²) in [5.74, 6) is -2.66. The number of ether oxygens (including phenoxy) is 1. The first-order chi connectivity index (χ1) is 12.0. The molecule has 0 amide bonds. The molecule has 1 aromatic rings. The number of nitrogens with zero attached hydrogens (tertiary/aromatic N) is 1. The Balaban J connectivity index is 0.000000450. The summed E-state index contributed by atoms with van der Waals surface area (Å²) in [5, 5.41) is 18.9. The number of aliphatic carboxylic acids is 2. The number of halogens is 1. The highest BCUT2D eigenvalue weighted by Crippen LogP contribution is 2.19. The van der Waals surface area contributed by atoms with Crippen molar-refractivity contribution in [2.45, 2.75) is 4.90 Å². The fraction of sp³-hybridized carbons (Fsp3) is 0.500. The van der Waals surface area contributed by atoms with Crippen LogP contribution < -0.4 is 5.32 Å². The van der Waals surface area contributed by atoms with Crippen LogP contribution in [0.15, 0.2) is 29.2 Å². The molecule has 9 heteroatoms. The van der Waals surface area contributed by atoms with Crippen LogP contribution >= 0.6 is 23.4 Å². The summed E-state index contributed by atoms with van der Waals surface area (Å²) >= 11 is 7.65. The van der Waals surface area contributed by atoms with Crippen LogP contribution in [-0.4, -0.2) is 78.7 Å². The molecule has 1 aliphatic rings.